The highest BCUT2D eigenvalue weighted by Gasteiger charge is 2.19. The summed E-state index contributed by atoms with van der Waals surface area (Å²) in [6, 6.07) is 8.15. The number of halogens is 2. The van der Waals surface area contributed by atoms with Crippen LogP contribution in [0, 0.1) is 0 Å². The van der Waals surface area contributed by atoms with E-state index in [2.05, 4.69) is 9.80 Å². The number of methoxy groups -OCH3 is 6. The van der Waals surface area contributed by atoms with Crippen molar-refractivity contribution in [1.82, 2.24) is 9.80 Å². The molecular formula is C26H40Cl2N2O6. The minimum absolute atomic E-state index is 0. The Kier molecular flexibility index (Phi) is 13.9. The average Bonchev–Trinajstić information content (AvgIpc) is 2.89. The first-order valence-corrected chi connectivity index (χ1v) is 11.6. The summed E-state index contributed by atoms with van der Waals surface area (Å²) in [6.07, 6.45) is 1.87. The van der Waals surface area contributed by atoms with Gasteiger partial charge in [-0.15, -0.1) is 24.8 Å². The topological polar surface area (TPSA) is 61.9 Å². The van der Waals surface area contributed by atoms with Crippen LogP contribution in [0.4, 0.5) is 0 Å². The SMILES string of the molecule is COc1cc(CCN2CCN(CCc3cc(OC)c(OC)c(OC)c3)CC2)cc(OC)c1OC.Cl.Cl. The second-order valence-electron chi connectivity index (χ2n) is 8.25. The lowest BCUT2D eigenvalue weighted by atomic mass is 10.1. The summed E-state index contributed by atoms with van der Waals surface area (Å²) in [7, 11) is 9.86. The van der Waals surface area contributed by atoms with Crippen molar-refractivity contribution in [2.75, 3.05) is 81.9 Å². The number of nitrogens with zero attached hydrogens (tertiary/aromatic N) is 2. The first-order chi connectivity index (χ1) is 16.6. The molecule has 1 heterocycles. The Labute approximate surface area is 227 Å². The maximum atomic E-state index is 5.48. The predicted octanol–water partition coefficient (Wildman–Crippen LogP) is 3.98. The molecule has 1 aliphatic heterocycles. The van der Waals surface area contributed by atoms with Crippen LogP contribution in [0.15, 0.2) is 24.3 Å². The minimum atomic E-state index is 0. The second kappa shape index (κ2) is 15.8. The molecule has 0 aliphatic carbocycles. The molecule has 10 heteroatoms. The van der Waals surface area contributed by atoms with Crippen molar-refractivity contribution < 1.29 is 28.4 Å². The fraction of sp³-hybridized carbons (Fsp3) is 0.538. The molecule has 0 aromatic heterocycles. The third kappa shape index (κ3) is 7.87. The lowest BCUT2D eigenvalue weighted by molar-refractivity contribution is 0.134. The molecule has 0 atom stereocenters. The van der Waals surface area contributed by atoms with Gasteiger partial charge in [0, 0.05) is 39.3 Å². The maximum Gasteiger partial charge on any atom is 0.203 e. The van der Waals surface area contributed by atoms with E-state index in [0.29, 0.717) is 34.5 Å². The molecule has 0 radical (unpaired) electrons. The zero-order valence-corrected chi connectivity index (χ0v) is 23.8. The number of hydrogen-bond acceptors (Lipinski definition) is 8. The van der Waals surface area contributed by atoms with E-state index in [-0.39, 0.29) is 24.8 Å². The first kappa shape index (κ1) is 31.8. The van der Waals surface area contributed by atoms with Crippen LogP contribution in [0.3, 0.4) is 0 Å². The van der Waals surface area contributed by atoms with Gasteiger partial charge in [-0.25, -0.2) is 0 Å². The first-order valence-electron chi connectivity index (χ1n) is 11.6. The normalized spacial score (nSPS) is 13.7. The zero-order valence-electron chi connectivity index (χ0n) is 22.1. The monoisotopic (exact) mass is 546 g/mol. The largest absolute Gasteiger partial charge is 0.493 e. The van der Waals surface area contributed by atoms with Crippen LogP contribution in [-0.2, 0) is 12.8 Å². The van der Waals surface area contributed by atoms with Crippen molar-refractivity contribution in [2.45, 2.75) is 12.8 Å². The van der Waals surface area contributed by atoms with Crippen LogP contribution in [0.1, 0.15) is 11.1 Å². The number of benzene rings is 2. The van der Waals surface area contributed by atoms with Gasteiger partial charge >= 0.3 is 0 Å². The van der Waals surface area contributed by atoms with E-state index in [1.807, 2.05) is 24.3 Å². The molecule has 2 aromatic carbocycles. The molecule has 0 spiro atoms. The van der Waals surface area contributed by atoms with Crippen molar-refractivity contribution in [3.8, 4) is 34.5 Å². The second-order valence-corrected chi connectivity index (χ2v) is 8.25. The van der Waals surface area contributed by atoms with Crippen LogP contribution in [-0.4, -0.2) is 91.7 Å². The number of ether oxygens (including phenoxy) is 6. The minimum Gasteiger partial charge on any atom is -0.493 e. The third-order valence-electron chi connectivity index (χ3n) is 6.35. The summed E-state index contributed by atoms with van der Waals surface area (Å²) < 4.78 is 32.8. The van der Waals surface area contributed by atoms with Gasteiger partial charge in [0.25, 0.3) is 0 Å². The van der Waals surface area contributed by atoms with Gasteiger partial charge in [-0.1, -0.05) is 0 Å². The highest BCUT2D eigenvalue weighted by atomic mass is 35.5. The summed E-state index contributed by atoms with van der Waals surface area (Å²) in [6.45, 7) is 6.22. The van der Waals surface area contributed by atoms with Crippen molar-refractivity contribution in [1.29, 1.82) is 0 Å². The van der Waals surface area contributed by atoms with Crippen LogP contribution in [0.5, 0.6) is 34.5 Å². The van der Waals surface area contributed by atoms with E-state index in [1.165, 1.54) is 11.1 Å². The van der Waals surface area contributed by atoms with Gasteiger partial charge < -0.3 is 38.2 Å². The third-order valence-corrected chi connectivity index (χ3v) is 6.35. The van der Waals surface area contributed by atoms with Gasteiger partial charge in [-0.2, -0.15) is 0 Å². The molecule has 8 nitrogen and oxygen atoms in total. The molecule has 0 N–H and O–H groups in total. The molecule has 1 fully saturated rings. The Hall–Kier alpha value is -2.26. The van der Waals surface area contributed by atoms with E-state index in [1.54, 1.807) is 42.7 Å². The summed E-state index contributed by atoms with van der Waals surface area (Å²) in [5.41, 5.74) is 2.36. The van der Waals surface area contributed by atoms with Gasteiger partial charge in [0.2, 0.25) is 11.5 Å². The molecule has 0 amide bonds. The van der Waals surface area contributed by atoms with E-state index in [0.717, 1.165) is 52.1 Å². The lowest BCUT2D eigenvalue weighted by Gasteiger charge is -2.34. The lowest BCUT2D eigenvalue weighted by Crippen LogP contribution is -2.47. The van der Waals surface area contributed by atoms with E-state index < -0.39 is 0 Å². The molecule has 204 valence electrons. The molecule has 3 rings (SSSR count). The summed E-state index contributed by atoms with van der Waals surface area (Å²) >= 11 is 0. The molecule has 2 aromatic rings. The van der Waals surface area contributed by atoms with E-state index in [4.69, 9.17) is 28.4 Å². The van der Waals surface area contributed by atoms with Gasteiger partial charge in [0.05, 0.1) is 42.7 Å². The van der Waals surface area contributed by atoms with Crippen LogP contribution >= 0.6 is 24.8 Å². The summed E-state index contributed by atoms with van der Waals surface area (Å²) in [5, 5.41) is 0. The number of piperazine rings is 1. The Morgan fingerprint density at radius 2 is 0.778 bits per heavy atom. The Balaban J connectivity index is 0.00000324. The maximum absolute atomic E-state index is 5.48. The molecule has 1 aliphatic rings. The van der Waals surface area contributed by atoms with Crippen molar-refractivity contribution in [2.24, 2.45) is 0 Å². The van der Waals surface area contributed by atoms with Gasteiger partial charge in [-0.3, -0.25) is 0 Å². The molecule has 0 unspecified atom stereocenters. The predicted molar refractivity (Wildman–Crippen MR) is 147 cm³/mol. The number of rotatable bonds is 12. The Morgan fingerprint density at radius 1 is 0.500 bits per heavy atom. The Morgan fingerprint density at radius 3 is 1.00 bits per heavy atom. The standard InChI is InChI=1S/C26H38N2O6.2ClH/c1-29-21-15-19(16-22(30-2)25(21)33-5)7-9-27-11-13-28(14-12-27)10-8-20-17-23(31-3)26(34-6)24(18-20)32-4;;/h15-18H,7-14H2,1-6H3;2*1H. The fourth-order valence-electron chi connectivity index (χ4n) is 4.37. The summed E-state index contributed by atoms with van der Waals surface area (Å²) in [5.74, 6) is 4.08. The molecule has 0 bridgehead atoms. The highest BCUT2D eigenvalue weighted by Crippen LogP contribution is 2.39. The van der Waals surface area contributed by atoms with Crippen LogP contribution in [0.2, 0.25) is 0 Å². The molecule has 0 saturated carbocycles. The summed E-state index contributed by atoms with van der Waals surface area (Å²) in [4.78, 5) is 5.03. The Bertz CT molecular complexity index is 813. The van der Waals surface area contributed by atoms with Crippen LogP contribution in [0.25, 0.3) is 0 Å². The van der Waals surface area contributed by atoms with E-state index >= 15 is 0 Å². The van der Waals surface area contributed by atoms with Crippen molar-refractivity contribution in [3.63, 3.8) is 0 Å². The van der Waals surface area contributed by atoms with Gasteiger partial charge in [0.15, 0.2) is 23.0 Å². The average molecular weight is 548 g/mol. The molecule has 36 heavy (non-hydrogen) atoms. The highest BCUT2D eigenvalue weighted by molar-refractivity contribution is 5.85. The van der Waals surface area contributed by atoms with Crippen molar-refractivity contribution in [3.05, 3.63) is 35.4 Å². The molecular weight excluding hydrogens is 507 g/mol. The van der Waals surface area contributed by atoms with E-state index in [9.17, 15) is 0 Å². The smallest absolute Gasteiger partial charge is 0.203 e. The van der Waals surface area contributed by atoms with Gasteiger partial charge in [0.1, 0.15) is 0 Å². The van der Waals surface area contributed by atoms with Gasteiger partial charge in [-0.05, 0) is 48.2 Å². The quantitative estimate of drug-likeness (QED) is 0.396. The van der Waals surface area contributed by atoms with Crippen LogP contribution < -0.4 is 28.4 Å². The van der Waals surface area contributed by atoms with Crippen molar-refractivity contribution >= 4 is 24.8 Å². The molecule has 1 saturated heterocycles. The zero-order chi connectivity index (χ0) is 24.5. The number of hydrogen-bond donors (Lipinski definition) is 0. The fourth-order valence-corrected chi connectivity index (χ4v) is 4.37.